The van der Waals surface area contributed by atoms with Gasteiger partial charge in [0.15, 0.2) is 0 Å². The minimum absolute atomic E-state index is 0.00380. The topological polar surface area (TPSA) is 50.1 Å². The molecule has 0 saturated heterocycles. The quantitative estimate of drug-likeness (QED) is 0.568. The maximum Gasteiger partial charge on any atom is 0.0646 e. The number of hydrogen-bond donors (Lipinski definition) is 2. The summed E-state index contributed by atoms with van der Waals surface area (Å²) in [4.78, 5) is 1.23. The van der Waals surface area contributed by atoms with Crippen LogP contribution in [0.1, 0.15) is 51.4 Å². The lowest BCUT2D eigenvalue weighted by molar-refractivity contribution is 0.296. The van der Waals surface area contributed by atoms with E-state index in [4.69, 9.17) is 5.11 Å². The van der Waals surface area contributed by atoms with Crippen LogP contribution in [-0.2, 0) is 5.54 Å². The Hall–Kier alpha value is -1.46. The number of hydrogen-bond acceptors (Lipinski definition) is 4. The predicted octanol–water partition coefficient (Wildman–Crippen LogP) is 4.59. The van der Waals surface area contributed by atoms with Crippen molar-refractivity contribution in [3.63, 3.8) is 0 Å². The molecule has 5 heteroatoms. The van der Waals surface area contributed by atoms with Crippen LogP contribution in [0.4, 0.5) is 5.69 Å². The smallest absolute Gasteiger partial charge is 0.0646 e. The van der Waals surface area contributed by atoms with Gasteiger partial charge in [0, 0.05) is 34.7 Å². The maximum atomic E-state index is 8.84. The molecule has 2 N–H and O–H groups in total. The Morgan fingerprint density at radius 2 is 1.92 bits per heavy atom. The van der Waals surface area contributed by atoms with Gasteiger partial charge in [-0.25, -0.2) is 0 Å². The normalized spacial score (nSPS) is 13.1. The first kappa shape index (κ1) is 18.9. The molecule has 2 aromatic rings. The van der Waals surface area contributed by atoms with Crippen LogP contribution in [0.5, 0.6) is 0 Å². The molecule has 1 unspecified atom stereocenters. The molecule has 1 aromatic carbocycles. The number of rotatable bonds is 7. The number of nitrogens with zero attached hydrogens (tertiary/aromatic N) is 2. The van der Waals surface area contributed by atoms with E-state index in [9.17, 15) is 0 Å². The lowest BCUT2D eigenvalue weighted by Gasteiger charge is -2.19. The molecular formula is C19H29N3OS. The minimum Gasteiger partial charge on any atom is -0.396 e. The lowest BCUT2D eigenvalue weighted by Crippen LogP contribution is -2.22. The van der Waals surface area contributed by atoms with Gasteiger partial charge in [0.2, 0.25) is 0 Å². The molecule has 0 aliphatic heterocycles. The average molecular weight is 348 g/mol. The van der Waals surface area contributed by atoms with Crippen LogP contribution in [-0.4, -0.2) is 27.2 Å². The number of benzene rings is 1. The van der Waals surface area contributed by atoms with Crippen LogP contribution >= 0.6 is 11.8 Å². The molecule has 0 spiro atoms. The number of nitrogens with one attached hydrogen (secondary N) is 1. The summed E-state index contributed by atoms with van der Waals surface area (Å²) in [6, 6.07) is 8.68. The van der Waals surface area contributed by atoms with E-state index < -0.39 is 0 Å². The van der Waals surface area contributed by atoms with Gasteiger partial charge in [-0.05, 0) is 65.3 Å². The van der Waals surface area contributed by atoms with Crippen LogP contribution in [0.3, 0.4) is 0 Å². The molecule has 0 bridgehead atoms. The number of aromatic nitrogens is 2. The van der Waals surface area contributed by atoms with E-state index in [1.165, 1.54) is 10.5 Å². The fourth-order valence-corrected chi connectivity index (χ4v) is 3.31. The van der Waals surface area contributed by atoms with Gasteiger partial charge in [-0.15, -0.1) is 11.8 Å². The second-order valence-corrected chi connectivity index (χ2v) is 8.27. The third-order valence-corrected chi connectivity index (χ3v) is 5.00. The second-order valence-electron chi connectivity index (χ2n) is 7.10. The van der Waals surface area contributed by atoms with E-state index in [-0.39, 0.29) is 18.2 Å². The predicted molar refractivity (Wildman–Crippen MR) is 103 cm³/mol. The van der Waals surface area contributed by atoms with Crippen LogP contribution < -0.4 is 5.32 Å². The van der Waals surface area contributed by atoms with E-state index >= 15 is 0 Å². The molecule has 24 heavy (non-hydrogen) atoms. The Kier molecular flexibility index (Phi) is 6.35. The molecule has 1 atom stereocenters. The van der Waals surface area contributed by atoms with Gasteiger partial charge in [-0.2, -0.15) is 5.10 Å². The van der Waals surface area contributed by atoms with Gasteiger partial charge < -0.3 is 10.4 Å². The van der Waals surface area contributed by atoms with Crippen molar-refractivity contribution in [2.45, 2.75) is 57.5 Å². The van der Waals surface area contributed by atoms with Crippen molar-refractivity contribution in [1.29, 1.82) is 0 Å². The highest BCUT2D eigenvalue weighted by Crippen LogP contribution is 2.26. The van der Waals surface area contributed by atoms with Crippen molar-refractivity contribution in [2.75, 3.05) is 17.7 Å². The first-order chi connectivity index (χ1) is 11.3. The van der Waals surface area contributed by atoms with Gasteiger partial charge in [0.05, 0.1) is 17.3 Å². The van der Waals surface area contributed by atoms with E-state index in [1.54, 1.807) is 11.8 Å². The largest absolute Gasteiger partial charge is 0.396 e. The Morgan fingerprint density at radius 1 is 1.25 bits per heavy atom. The SMILES string of the molecule is Cc1nn(C(C)(C)C)cc1C(C)Nc1ccc(SCCCO)cc1. The molecule has 2 rings (SSSR count). The summed E-state index contributed by atoms with van der Waals surface area (Å²) in [5.41, 5.74) is 3.40. The fourth-order valence-electron chi connectivity index (χ4n) is 2.47. The van der Waals surface area contributed by atoms with Crippen molar-refractivity contribution in [3.8, 4) is 0 Å². The number of thioether (sulfide) groups is 1. The van der Waals surface area contributed by atoms with E-state index in [1.807, 2.05) is 4.68 Å². The van der Waals surface area contributed by atoms with Crippen molar-refractivity contribution in [2.24, 2.45) is 0 Å². The van der Waals surface area contributed by atoms with Gasteiger partial charge in [0.1, 0.15) is 0 Å². The molecule has 0 aliphatic rings. The van der Waals surface area contributed by atoms with Crippen LogP contribution in [0.15, 0.2) is 35.4 Å². The summed E-state index contributed by atoms with van der Waals surface area (Å²) in [5.74, 6) is 0.949. The molecule has 0 amide bonds. The highest BCUT2D eigenvalue weighted by molar-refractivity contribution is 7.99. The van der Waals surface area contributed by atoms with Gasteiger partial charge in [-0.3, -0.25) is 4.68 Å². The molecule has 0 aliphatic carbocycles. The number of aryl methyl sites for hydroxylation is 1. The maximum absolute atomic E-state index is 8.84. The van der Waals surface area contributed by atoms with E-state index in [0.717, 1.165) is 23.6 Å². The third-order valence-electron chi connectivity index (χ3n) is 3.90. The zero-order valence-electron chi connectivity index (χ0n) is 15.3. The Balaban J connectivity index is 2.02. The van der Waals surface area contributed by atoms with Crippen molar-refractivity contribution < 1.29 is 5.11 Å². The summed E-state index contributed by atoms with van der Waals surface area (Å²) < 4.78 is 2.04. The lowest BCUT2D eigenvalue weighted by atomic mass is 10.1. The molecule has 0 radical (unpaired) electrons. The monoisotopic (exact) mass is 347 g/mol. The third kappa shape index (κ3) is 5.02. The molecule has 0 saturated carbocycles. The highest BCUT2D eigenvalue weighted by atomic mass is 32.2. The minimum atomic E-state index is -0.00380. The van der Waals surface area contributed by atoms with Gasteiger partial charge >= 0.3 is 0 Å². The van der Waals surface area contributed by atoms with Crippen molar-refractivity contribution in [3.05, 3.63) is 41.7 Å². The zero-order chi connectivity index (χ0) is 17.7. The van der Waals surface area contributed by atoms with Gasteiger partial charge in [-0.1, -0.05) is 0 Å². The molecule has 132 valence electrons. The van der Waals surface area contributed by atoms with Crippen LogP contribution in [0, 0.1) is 6.92 Å². The number of anilines is 1. The zero-order valence-corrected chi connectivity index (χ0v) is 16.2. The number of aliphatic hydroxyl groups is 1. The standard InChI is InChI=1S/C19H29N3OS/c1-14(18-13-22(19(3,4)5)21-15(18)2)20-16-7-9-17(10-8-16)24-12-6-11-23/h7-10,13-14,20,23H,6,11-12H2,1-5H3. The summed E-state index contributed by atoms with van der Waals surface area (Å²) in [6.07, 6.45) is 2.98. The molecule has 1 aromatic heterocycles. The first-order valence-electron chi connectivity index (χ1n) is 8.48. The summed E-state index contributed by atoms with van der Waals surface area (Å²) in [6.45, 7) is 11.0. The van der Waals surface area contributed by atoms with Gasteiger partial charge in [0.25, 0.3) is 0 Å². The Bertz CT molecular complexity index is 644. The molecule has 0 fully saturated rings. The Labute approximate surface area is 149 Å². The summed E-state index contributed by atoms with van der Waals surface area (Å²) in [5, 5.41) is 17.0. The van der Waals surface area contributed by atoms with Crippen LogP contribution in [0.25, 0.3) is 0 Å². The Morgan fingerprint density at radius 3 is 2.46 bits per heavy atom. The molecular weight excluding hydrogens is 318 g/mol. The fraction of sp³-hybridized carbons (Fsp3) is 0.526. The van der Waals surface area contributed by atoms with E-state index in [0.29, 0.717) is 0 Å². The van der Waals surface area contributed by atoms with E-state index in [2.05, 4.69) is 75.5 Å². The number of aliphatic hydroxyl groups excluding tert-OH is 1. The van der Waals surface area contributed by atoms with Crippen molar-refractivity contribution >= 4 is 17.4 Å². The summed E-state index contributed by atoms with van der Waals surface area (Å²) >= 11 is 1.78. The molecule has 4 nitrogen and oxygen atoms in total. The second kappa shape index (κ2) is 8.08. The first-order valence-corrected chi connectivity index (χ1v) is 9.46. The summed E-state index contributed by atoms with van der Waals surface area (Å²) in [7, 11) is 0. The average Bonchev–Trinajstić information content (AvgIpc) is 2.91. The molecule has 1 heterocycles. The highest BCUT2D eigenvalue weighted by Gasteiger charge is 2.19. The van der Waals surface area contributed by atoms with Crippen molar-refractivity contribution in [1.82, 2.24) is 9.78 Å². The van der Waals surface area contributed by atoms with Crippen LogP contribution in [0.2, 0.25) is 0 Å².